The molecule has 0 spiro atoms. The lowest BCUT2D eigenvalue weighted by molar-refractivity contribution is 0.0342. The van der Waals surface area contributed by atoms with Crippen molar-refractivity contribution in [2.75, 3.05) is 31.6 Å². The smallest absolute Gasteiger partial charge is 0.254 e. The van der Waals surface area contributed by atoms with E-state index in [1.807, 2.05) is 36.4 Å². The molecule has 0 atom stereocenters. The number of nitrogens with one attached hydrogen (secondary N) is 1. The van der Waals surface area contributed by atoms with Crippen molar-refractivity contribution < 1.29 is 4.74 Å². The molecule has 152 valence electrons. The molecule has 4 aromatic rings. The first kappa shape index (κ1) is 18.7. The zero-order valence-corrected chi connectivity index (χ0v) is 16.7. The molecule has 1 aliphatic rings. The van der Waals surface area contributed by atoms with Gasteiger partial charge in [-0.3, -0.25) is 4.90 Å². The molecule has 0 radical (unpaired) electrons. The van der Waals surface area contributed by atoms with E-state index >= 15 is 0 Å². The Labute approximate surface area is 175 Å². The molecule has 1 aliphatic heterocycles. The predicted molar refractivity (Wildman–Crippen MR) is 116 cm³/mol. The van der Waals surface area contributed by atoms with Gasteiger partial charge in [0.15, 0.2) is 0 Å². The van der Waals surface area contributed by atoms with Crippen LogP contribution in [-0.2, 0) is 17.8 Å². The lowest BCUT2D eigenvalue weighted by Gasteiger charge is -2.26. The lowest BCUT2D eigenvalue weighted by atomic mass is 10.1. The molecule has 0 unspecified atom stereocenters. The van der Waals surface area contributed by atoms with Gasteiger partial charge in [-0.1, -0.05) is 54.6 Å². The van der Waals surface area contributed by atoms with E-state index in [4.69, 9.17) is 4.74 Å². The molecule has 0 bridgehead atoms. The van der Waals surface area contributed by atoms with Gasteiger partial charge in [0.2, 0.25) is 0 Å². The average Bonchev–Trinajstić information content (AvgIpc) is 3.29. The van der Waals surface area contributed by atoms with Gasteiger partial charge in [0.1, 0.15) is 12.1 Å². The third kappa shape index (κ3) is 4.17. The number of morpholine rings is 1. The molecular formula is C23H24N6O. The monoisotopic (exact) mass is 400 g/mol. The Morgan fingerprint density at radius 2 is 1.70 bits per heavy atom. The summed E-state index contributed by atoms with van der Waals surface area (Å²) in [5, 5.41) is 7.80. The Kier molecular flexibility index (Phi) is 5.37. The highest BCUT2D eigenvalue weighted by Gasteiger charge is 2.11. The Bertz CT molecular complexity index is 1100. The number of rotatable bonds is 6. The number of benzene rings is 2. The first-order valence-corrected chi connectivity index (χ1v) is 10.2. The Balaban J connectivity index is 1.30. The molecule has 7 nitrogen and oxygen atoms in total. The summed E-state index contributed by atoms with van der Waals surface area (Å²) in [6.45, 7) is 5.34. The molecule has 1 saturated heterocycles. The lowest BCUT2D eigenvalue weighted by Crippen LogP contribution is -2.35. The third-order valence-electron chi connectivity index (χ3n) is 5.33. The van der Waals surface area contributed by atoms with Crippen LogP contribution in [-0.4, -0.2) is 50.8 Å². The normalized spacial score (nSPS) is 14.8. The third-order valence-corrected chi connectivity index (χ3v) is 5.33. The van der Waals surface area contributed by atoms with Crippen molar-refractivity contribution in [2.24, 2.45) is 0 Å². The van der Waals surface area contributed by atoms with Gasteiger partial charge < -0.3 is 10.1 Å². The number of nitrogens with zero attached hydrogens (tertiary/aromatic N) is 5. The number of hydrogen-bond acceptors (Lipinski definition) is 6. The second-order valence-electron chi connectivity index (χ2n) is 7.42. The number of fused-ring (bicyclic) bond motifs is 1. The Morgan fingerprint density at radius 1 is 0.933 bits per heavy atom. The van der Waals surface area contributed by atoms with E-state index in [1.54, 1.807) is 4.52 Å². The van der Waals surface area contributed by atoms with E-state index in [2.05, 4.69) is 49.5 Å². The molecule has 0 aliphatic carbocycles. The number of hydrogen-bond donors (Lipinski definition) is 1. The minimum Gasteiger partial charge on any atom is -0.379 e. The van der Waals surface area contributed by atoms with Crippen molar-refractivity contribution in [3.05, 3.63) is 78.1 Å². The van der Waals surface area contributed by atoms with Gasteiger partial charge in [0.05, 0.1) is 18.9 Å². The van der Waals surface area contributed by atoms with Crippen molar-refractivity contribution in [3.8, 4) is 11.3 Å². The minimum absolute atomic E-state index is 0.583. The van der Waals surface area contributed by atoms with Crippen LogP contribution < -0.4 is 5.32 Å². The van der Waals surface area contributed by atoms with Gasteiger partial charge in [-0.05, 0) is 11.1 Å². The van der Waals surface area contributed by atoms with Crippen LogP contribution in [0, 0.1) is 0 Å². The summed E-state index contributed by atoms with van der Waals surface area (Å²) in [4.78, 5) is 11.3. The molecule has 1 N–H and O–H groups in total. The molecule has 0 amide bonds. The van der Waals surface area contributed by atoms with E-state index in [9.17, 15) is 0 Å². The predicted octanol–water partition coefficient (Wildman–Crippen LogP) is 3.24. The van der Waals surface area contributed by atoms with E-state index in [1.165, 1.54) is 17.5 Å². The SMILES string of the molecule is c1ccc(-c2cc(NCc3ccc(CN4CCOCC4)cc3)n3ncnc3n2)cc1. The van der Waals surface area contributed by atoms with Gasteiger partial charge in [-0.15, -0.1) is 0 Å². The Hall–Kier alpha value is -3.29. The second kappa shape index (κ2) is 8.61. The maximum absolute atomic E-state index is 5.43. The molecule has 5 rings (SSSR count). The summed E-state index contributed by atoms with van der Waals surface area (Å²) in [5.41, 5.74) is 4.47. The maximum atomic E-state index is 5.43. The Morgan fingerprint density at radius 3 is 2.50 bits per heavy atom. The molecular weight excluding hydrogens is 376 g/mol. The molecule has 7 heteroatoms. The fourth-order valence-corrected chi connectivity index (χ4v) is 3.67. The van der Waals surface area contributed by atoms with Gasteiger partial charge >= 0.3 is 0 Å². The van der Waals surface area contributed by atoms with Crippen LogP contribution in [0.3, 0.4) is 0 Å². The summed E-state index contributed by atoms with van der Waals surface area (Å²) in [6.07, 6.45) is 1.53. The van der Waals surface area contributed by atoms with Crippen LogP contribution in [0.15, 0.2) is 67.0 Å². The van der Waals surface area contributed by atoms with Crippen molar-refractivity contribution >= 4 is 11.6 Å². The molecule has 30 heavy (non-hydrogen) atoms. The highest BCUT2D eigenvalue weighted by Crippen LogP contribution is 2.21. The van der Waals surface area contributed by atoms with Gasteiger partial charge in [-0.2, -0.15) is 14.6 Å². The van der Waals surface area contributed by atoms with Gasteiger partial charge in [-0.25, -0.2) is 4.98 Å². The fourth-order valence-electron chi connectivity index (χ4n) is 3.67. The molecule has 0 saturated carbocycles. The number of aromatic nitrogens is 4. The summed E-state index contributed by atoms with van der Waals surface area (Å²) in [5.74, 6) is 1.45. The standard InChI is InChI=1S/C23H24N6O/c1-2-4-20(5-3-1)21-14-22(29-23(27-21)25-17-26-29)24-15-18-6-8-19(9-7-18)16-28-10-12-30-13-11-28/h1-9,14,17,24H,10-13,15-16H2. The van der Waals surface area contributed by atoms with Crippen LogP contribution in [0.4, 0.5) is 5.82 Å². The highest BCUT2D eigenvalue weighted by molar-refractivity contribution is 5.65. The quantitative estimate of drug-likeness (QED) is 0.536. The first-order valence-electron chi connectivity index (χ1n) is 10.2. The number of ether oxygens (including phenoxy) is 1. The molecule has 2 aromatic heterocycles. The van der Waals surface area contributed by atoms with E-state index < -0.39 is 0 Å². The van der Waals surface area contributed by atoms with Gasteiger partial charge in [0.25, 0.3) is 5.78 Å². The molecule has 3 heterocycles. The van der Waals surface area contributed by atoms with Crippen molar-refractivity contribution in [1.29, 1.82) is 0 Å². The zero-order valence-electron chi connectivity index (χ0n) is 16.7. The topological polar surface area (TPSA) is 67.6 Å². The van der Waals surface area contributed by atoms with Crippen LogP contribution in [0.1, 0.15) is 11.1 Å². The summed E-state index contributed by atoms with van der Waals surface area (Å²) >= 11 is 0. The van der Waals surface area contributed by atoms with Crippen LogP contribution in [0.5, 0.6) is 0 Å². The molecule has 1 fully saturated rings. The van der Waals surface area contributed by atoms with Gasteiger partial charge in [0, 0.05) is 37.8 Å². The van der Waals surface area contributed by atoms with Crippen LogP contribution in [0.2, 0.25) is 0 Å². The maximum Gasteiger partial charge on any atom is 0.254 e. The van der Waals surface area contributed by atoms with Crippen LogP contribution in [0.25, 0.3) is 17.0 Å². The minimum atomic E-state index is 0.583. The first-order chi connectivity index (χ1) is 14.8. The zero-order chi connectivity index (χ0) is 20.2. The summed E-state index contributed by atoms with van der Waals surface area (Å²) in [6, 6.07) is 20.9. The van der Waals surface area contributed by atoms with E-state index in [0.717, 1.165) is 49.9 Å². The average molecular weight is 400 g/mol. The largest absolute Gasteiger partial charge is 0.379 e. The van der Waals surface area contributed by atoms with Crippen molar-refractivity contribution in [3.63, 3.8) is 0 Å². The fraction of sp³-hybridized carbons (Fsp3) is 0.261. The summed E-state index contributed by atoms with van der Waals surface area (Å²) < 4.78 is 7.16. The summed E-state index contributed by atoms with van der Waals surface area (Å²) in [7, 11) is 0. The highest BCUT2D eigenvalue weighted by atomic mass is 16.5. The second-order valence-corrected chi connectivity index (χ2v) is 7.42. The number of anilines is 1. The van der Waals surface area contributed by atoms with E-state index in [-0.39, 0.29) is 0 Å². The van der Waals surface area contributed by atoms with Crippen molar-refractivity contribution in [1.82, 2.24) is 24.5 Å². The van der Waals surface area contributed by atoms with Crippen molar-refractivity contribution in [2.45, 2.75) is 13.1 Å². The van der Waals surface area contributed by atoms with E-state index in [0.29, 0.717) is 12.3 Å². The molecule has 2 aromatic carbocycles. The van der Waals surface area contributed by atoms with Crippen LogP contribution >= 0.6 is 0 Å².